The fourth-order valence-electron chi connectivity index (χ4n) is 1.83. The lowest BCUT2D eigenvalue weighted by atomic mass is 10.2. The summed E-state index contributed by atoms with van der Waals surface area (Å²) in [5.41, 5.74) is 0.721. The van der Waals surface area contributed by atoms with Gasteiger partial charge < -0.3 is 19.3 Å². The minimum atomic E-state index is -0.144. The first-order chi connectivity index (χ1) is 8.29. The van der Waals surface area contributed by atoms with Crippen molar-refractivity contribution < 1.29 is 19.3 Å². The number of benzene rings is 1. The van der Waals surface area contributed by atoms with Crippen LogP contribution in [-0.2, 0) is 16.1 Å². The molecular formula is C13H18O4. The maximum absolute atomic E-state index is 9.68. The molecule has 17 heavy (non-hydrogen) atoms. The van der Waals surface area contributed by atoms with Crippen LogP contribution in [0.25, 0.3) is 0 Å². The Balaban J connectivity index is 1.92. The van der Waals surface area contributed by atoms with E-state index in [9.17, 15) is 5.11 Å². The predicted octanol–water partition coefficient (Wildman–Crippen LogP) is 2.44. The third-order valence-corrected chi connectivity index (χ3v) is 2.85. The summed E-state index contributed by atoms with van der Waals surface area (Å²) < 4.78 is 16.2. The second-order valence-corrected chi connectivity index (χ2v) is 4.10. The number of ether oxygens (including phenoxy) is 3. The number of methoxy groups -OCH3 is 1. The van der Waals surface area contributed by atoms with Crippen LogP contribution in [0.1, 0.15) is 24.8 Å². The van der Waals surface area contributed by atoms with Gasteiger partial charge >= 0.3 is 0 Å². The average molecular weight is 238 g/mol. The Morgan fingerprint density at radius 2 is 2.29 bits per heavy atom. The van der Waals surface area contributed by atoms with Crippen LogP contribution >= 0.6 is 0 Å². The highest BCUT2D eigenvalue weighted by atomic mass is 16.7. The van der Waals surface area contributed by atoms with Gasteiger partial charge in [-0.3, -0.25) is 0 Å². The van der Waals surface area contributed by atoms with E-state index in [4.69, 9.17) is 14.2 Å². The van der Waals surface area contributed by atoms with E-state index in [0.29, 0.717) is 12.4 Å². The molecule has 1 heterocycles. The molecule has 1 aromatic rings. The van der Waals surface area contributed by atoms with Crippen LogP contribution in [0, 0.1) is 0 Å². The van der Waals surface area contributed by atoms with E-state index < -0.39 is 0 Å². The van der Waals surface area contributed by atoms with Crippen LogP contribution in [-0.4, -0.2) is 25.1 Å². The number of rotatable bonds is 4. The van der Waals surface area contributed by atoms with Crippen LogP contribution in [0.2, 0.25) is 0 Å². The van der Waals surface area contributed by atoms with Crippen LogP contribution in [0.4, 0.5) is 0 Å². The minimum absolute atomic E-state index is 0.144. The van der Waals surface area contributed by atoms with E-state index in [-0.39, 0.29) is 12.0 Å². The minimum Gasteiger partial charge on any atom is -0.508 e. The SMILES string of the molecule is COc1ccc(O)c(COC2CCCCO2)c1. The van der Waals surface area contributed by atoms with Crippen molar-refractivity contribution in [2.45, 2.75) is 32.2 Å². The van der Waals surface area contributed by atoms with Crippen LogP contribution < -0.4 is 4.74 Å². The first kappa shape index (κ1) is 12.2. The van der Waals surface area contributed by atoms with Gasteiger partial charge in [0.15, 0.2) is 6.29 Å². The molecule has 1 unspecified atom stereocenters. The standard InChI is InChI=1S/C13H18O4/c1-15-11-5-6-12(14)10(8-11)9-17-13-4-2-3-7-16-13/h5-6,8,13-14H,2-4,7,9H2,1H3. The highest BCUT2D eigenvalue weighted by Crippen LogP contribution is 2.25. The van der Waals surface area contributed by atoms with Gasteiger partial charge in [-0.25, -0.2) is 0 Å². The molecule has 4 heteroatoms. The number of phenolic OH excluding ortho intramolecular Hbond substituents is 1. The predicted molar refractivity (Wildman–Crippen MR) is 63.0 cm³/mol. The Labute approximate surface area is 101 Å². The summed E-state index contributed by atoms with van der Waals surface area (Å²) in [7, 11) is 1.60. The number of aromatic hydroxyl groups is 1. The fourth-order valence-corrected chi connectivity index (χ4v) is 1.83. The Bertz CT molecular complexity index is 358. The number of phenols is 1. The number of hydrogen-bond donors (Lipinski definition) is 1. The van der Waals surface area contributed by atoms with Crippen molar-refractivity contribution >= 4 is 0 Å². The van der Waals surface area contributed by atoms with Crippen molar-refractivity contribution in [3.8, 4) is 11.5 Å². The Kier molecular flexibility index (Phi) is 4.23. The van der Waals surface area contributed by atoms with Gasteiger partial charge in [0.25, 0.3) is 0 Å². The molecule has 2 rings (SSSR count). The maximum Gasteiger partial charge on any atom is 0.158 e. The second-order valence-electron chi connectivity index (χ2n) is 4.10. The van der Waals surface area contributed by atoms with Gasteiger partial charge in [-0.05, 0) is 37.5 Å². The molecule has 1 N–H and O–H groups in total. The van der Waals surface area contributed by atoms with Crippen molar-refractivity contribution in [3.05, 3.63) is 23.8 Å². The van der Waals surface area contributed by atoms with Crippen molar-refractivity contribution in [1.29, 1.82) is 0 Å². The first-order valence-corrected chi connectivity index (χ1v) is 5.88. The molecule has 94 valence electrons. The molecule has 0 spiro atoms. The van der Waals surface area contributed by atoms with Crippen LogP contribution in [0.15, 0.2) is 18.2 Å². The van der Waals surface area contributed by atoms with Crippen molar-refractivity contribution in [3.63, 3.8) is 0 Å². The monoisotopic (exact) mass is 238 g/mol. The maximum atomic E-state index is 9.68. The second kappa shape index (κ2) is 5.89. The average Bonchev–Trinajstić information content (AvgIpc) is 2.39. The normalized spacial score (nSPS) is 20.2. The summed E-state index contributed by atoms with van der Waals surface area (Å²) in [4.78, 5) is 0. The zero-order valence-electron chi connectivity index (χ0n) is 10.0. The van der Waals surface area contributed by atoms with Gasteiger partial charge in [-0.15, -0.1) is 0 Å². The molecule has 0 aliphatic carbocycles. The van der Waals surface area contributed by atoms with E-state index in [0.717, 1.165) is 31.4 Å². The summed E-state index contributed by atoms with van der Waals surface area (Å²) >= 11 is 0. The number of hydrogen-bond acceptors (Lipinski definition) is 4. The van der Waals surface area contributed by atoms with E-state index >= 15 is 0 Å². The van der Waals surface area contributed by atoms with Gasteiger partial charge in [0, 0.05) is 12.2 Å². The smallest absolute Gasteiger partial charge is 0.158 e. The molecular weight excluding hydrogens is 220 g/mol. The zero-order chi connectivity index (χ0) is 12.1. The van der Waals surface area contributed by atoms with Crippen molar-refractivity contribution in [1.82, 2.24) is 0 Å². The molecule has 1 aliphatic heterocycles. The van der Waals surface area contributed by atoms with Gasteiger partial charge in [0.1, 0.15) is 11.5 Å². The molecule has 1 aliphatic rings. The van der Waals surface area contributed by atoms with Gasteiger partial charge in [0.2, 0.25) is 0 Å². The van der Waals surface area contributed by atoms with Crippen LogP contribution in [0.5, 0.6) is 11.5 Å². The Morgan fingerprint density at radius 3 is 3.00 bits per heavy atom. The quantitative estimate of drug-likeness (QED) is 0.875. The summed E-state index contributed by atoms with van der Waals surface area (Å²) in [5.74, 6) is 0.938. The molecule has 1 atom stereocenters. The van der Waals surface area contributed by atoms with E-state index in [2.05, 4.69) is 0 Å². The Morgan fingerprint density at radius 1 is 1.41 bits per heavy atom. The lowest BCUT2D eigenvalue weighted by Crippen LogP contribution is -2.22. The molecule has 0 saturated carbocycles. The molecule has 0 radical (unpaired) electrons. The first-order valence-electron chi connectivity index (χ1n) is 5.88. The zero-order valence-corrected chi connectivity index (χ0v) is 10.0. The Hall–Kier alpha value is -1.26. The molecule has 1 aromatic carbocycles. The van der Waals surface area contributed by atoms with Gasteiger partial charge in [0.05, 0.1) is 13.7 Å². The fraction of sp³-hybridized carbons (Fsp3) is 0.538. The topological polar surface area (TPSA) is 47.9 Å². The summed E-state index contributed by atoms with van der Waals surface area (Å²) in [6.07, 6.45) is 3.01. The molecule has 4 nitrogen and oxygen atoms in total. The highest BCUT2D eigenvalue weighted by molar-refractivity contribution is 5.38. The van der Waals surface area contributed by atoms with Crippen LogP contribution in [0.3, 0.4) is 0 Å². The lowest BCUT2D eigenvalue weighted by molar-refractivity contribution is -0.169. The van der Waals surface area contributed by atoms with E-state index in [1.807, 2.05) is 0 Å². The molecule has 1 fully saturated rings. The van der Waals surface area contributed by atoms with Gasteiger partial charge in [-0.2, -0.15) is 0 Å². The molecule has 0 bridgehead atoms. The van der Waals surface area contributed by atoms with Gasteiger partial charge in [-0.1, -0.05) is 0 Å². The largest absolute Gasteiger partial charge is 0.508 e. The van der Waals surface area contributed by atoms with Crippen molar-refractivity contribution in [2.24, 2.45) is 0 Å². The van der Waals surface area contributed by atoms with E-state index in [1.165, 1.54) is 0 Å². The van der Waals surface area contributed by atoms with E-state index in [1.54, 1.807) is 25.3 Å². The summed E-state index contributed by atoms with van der Waals surface area (Å²) in [6, 6.07) is 5.10. The highest BCUT2D eigenvalue weighted by Gasteiger charge is 2.15. The molecule has 0 aromatic heterocycles. The third kappa shape index (κ3) is 3.35. The lowest BCUT2D eigenvalue weighted by Gasteiger charge is -2.22. The van der Waals surface area contributed by atoms with Crippen molar-refractivity contribution in [2.75, 3.05) is 13.7 Å². The summed E-state index contributed by atoms with van der Waals surface area (Å²) in [5, 5.41) is 9.68. The third-order valence-electron chi connectivity index (χ3n) is 2.85. The molecule has 0 amide bonds. The summed E-state index contributed by atoms with van der Waals surface area (Å²) in [6.45, 7) is 1.10. The molecule has 1 saturated heterocycles.